The molecule has 0 aliphatic carbocycles. The predicted octanol–water partition coefficient (Wildman–Crippen LogP) is 0.777. The maximum Gasteiger partial charge on any atom is 0.227 e. The summed E-state index contributed by atoms with van der Waals surface area (Å²) in [4.78, 5) is 12.3. The smallest absolute Gasteiger partial charge is 0.227 e. The zero-order valence-corrected chi connectivity index (χ0v) is 14.3. The first kappa shape index (κ1) is 15.9. The van der Waals surface area contributed by atoms with Crippen molar-refractivity contribution in [2.75, 3.05) is 0 Å². The van der Waals surface area contributed by atoms with Crippen molar-refractivity contribution >= 4 is 32.6 Å². The molecule has 0 radical (unpaired) electrons. The second kappa shape index (κ2) is 6.96. The monoisotopic (exact) mass is 405 g/mol. The molecule has 0 bridgehead atoms. The Labute approximate surface area is 142 Å². The van der Waals surface area contributed by atoms with Gasteiger partial charge in [0.2, 0.25) is 17.8 Å². The van der Waals surface area contributed by atoms with Crippen molar-refractivity contribution in [1.82, 2.24) is 0 Å². The Morgan fingerprint density at radius 3 is 2.38 bits per heavy atom. The molecule has 0 unspecified atom stereocenters. The van der Waals surface area contributed by atoms with E-state index in [1.165, 1.54) is 0 Å². The van der Waals surface area contributed by atoms with E-state index in [1.54, 1.807) is 0 Å². The lowest BCUT2D eigenvalue weighted by Gasteiger charge is -2.01. The van der Waals surface area contributed by atoms with Crippen LogP contribution in [0.2, 0.25) is 0 Å². The number of carbonyl (C=O) groups is 1. The van der Waals surface area contributed by atoms with Gasteiger partial charge in [0.15, 0.2) is 6.20 Å². The van der Waals surface area contributed by atoms with Crippen LogP contribution in [0, 0.1) is 0 Å². The number of benzene rings is 2. The number of aromatic nitrogens is 1. The van der Waals surface area contributed by atoms with Crippen LogP contribution in [0.5, 0.6) is 0 Å². The summed E-state index contributed by atoms with van der Waals surface area (Å²) < 4.78 is 2.96. The van der Waals surface area contributed by atoms with Crippen molar-refractivity contribution in [1.29, 1.82) is 0 Å². The number of hydrogen-bond donors (Lipinski definition) is 0. The number of fused-ring (bicyclic) bond motifs is 1. The van der Waals surface area contributed by atoms with Gasteiger partial charge in [0.25, 0.3) is 0 Å². The number of ketones is 1. The molecule has 3 rings (SSSR count). The van der Waals surface area contributed by atoms with E-state index in [4.69, 9.17) is 0 Å². The quantitative estimate of drug-likeness (QED) is 0.465. The molecule has 2 nitrogen and oxygen atoms in total. The van der Waals surface area contributed by atoms with E-state index in [9.17, 15) is 4.79 Å². The van der Waals surface area contributed by atoms with Gasteiger partial charge in [-0.15, -0.1) is 0 Å². The molecule has 21 heavy (non-hydrogen) atoms. The standard InChI is InChI=1S/C17H13BrNO.BrH/c18-15-9-7-14(8-10-15)17(20)12-19-11-3-5-13-4-1-2-6-16(13)19;/h1-11H,12H2;1H/q+1;/p-1. The van der Waals surface area contributed by atoms with Crippen molar-refractivity contribution in [3.63, 3.8) is 0 Å². The van der Waals surface area contributed by atoms with Crippen molar-refractivity contribution in [2.45, 2.75) is 6.54 Å². The Morgan fingerprint density at radius 1 is 0.952 bits per heavy atom. The highest BCUT2D eigenvalue weighted by Gasteiger charge is 2.14. The van der Waals surface area contributed by atoms with Gasteiger partial charge in [-0.3, -0.25) is 4.79 Å². The van der Waals surface area contributed by atoms with E-state index in [0.29, 0.717) is 6.54 Å². The van der Waals surface area contributed by atoms with Gasteiger partial charge in [0, 0.05) is 27.6 Å². The van der Waals surface area contributed by atoms with Gasteiger partial charge in [0.05, 0.1) is 0 Å². The number of rotatable bonds is 3. The molecule has 1 heterocycles. The largest absolute Gasteiger partial charge is 1.00 e. The van der Waals surface area contributed by atoms with Gasteiger partial charge < -0.3 is 17.0 Å². The molecule has 0 N–H and O–H groups in total. The highest BCUT2D eigenvalue weighted by Crippen LogP contribution is 2.12. The molecule has 0 saturated heterocycles. The number of carbonyl (C=O) groups excluding carboxylic acids is 1. The number of pyridine rings is 1. The summed E-state index contributed by atoms with van der Waals surface area (Å²) in [6, 6.07) is 19.6. The van der Waals surface area contributed by atoms with Crippen molar-refractivity contribution in [2.24, 2.45) is 0 Å². The van der Waals surface area contributed by atoms with Crippen molar-refractivity contribution in [3.05, 3.63) is 76.9 Å². The van der Waals surface area contributed by atoms with Crippen LogP contribution >= 0.6 is 15.9 Å². The zero-order valence-electron chi connectivity index (χ0n) is 11.2. The van der Waals surface area contributed by atoms with E-state index in [2.05, 4.69) is 28.1 Å². The van der Waals surface area contributed by atoms with Crippen molar-refractivity contribution in [3.8, 4) is 0 Å². The van der Waals surface area contributed by atoms with E-state index >= 15 is 0 Å². The Morgan fingerprint density at radius 2 is 1.62 bits per heavy atom. The summed E-state index contributed by atoms with van der Waals surface area (Å²) in [5.74, 6) is 0.110. The molecule has 0 spiro atoms. The van der Waals surface area contributed by atoms with Gasteiger partial charge in [-0.2, -0.15) is 4.57 Å². The van der Waals surface area contributed by atoms with Crippen LogP contribution < -0.4 is 21.5 Å². The van der Waals surface area contributed by atoms with Gasteiger partial charge in [-0.25, -0.2) is 0 Å². The number of nitrogens with zero attached hydrogens (tertiary/aromatic N) is 1. The van der Waals surface area contributed by atoms with Gasteiger partial charge >= 0.3 is 0 Å². The number of halogens is 2. The predicted molar refractivity (Wildman–Crippen MR) is 82.6 cm³/mol. The normalized spacial score (nSPS) is 10.1. The van der Waals surface area contributed by atoms with Crippen LogP contribution in [0.25, 0.3) is 10.9 Å². The maximum atomic E-state index is 12.3. The topological polar surface area (TPSA) is 20.9 Å². The van der Waals surface area contributed by atoms with Gasteiger partial charge in [0.1, 0.15) is 0 Å². The van der Waals surface area contributed by atoms with E-state index < -0.39 is 0 Å². The Balaban J connectivity index is 0.00000161. The molecule has 0 amide bonds. The van der Waals surface area contributed by atoms with Crippen LogP contribution in [0.4, 0.5) is 0 Å². The number of para-hydroxylation sites is 1. The lowest BCUT2D eigenvalue weighted by Crippen LogP contribution is -3.00. The SMILES string of the molecule is O=C(C[n+]1cccc2ccccc21)c1ccc(Br)cc1.[Br-]. The van der Waals surface area contributed by atoms with E-state index in [-0.39, 0.29) is 22.8 Å². The molecular formula is C17H13Br2NO. The zero-order chi connectivity index (χ0) is 13.9. The molecule has 0 aliphatic rings. The average Bonchev–Trinajstić information content (AvgIpc) is 2.48. The molecule has 1 aromatic heterocycles. The fraction of sp³-hybridized carbons (Fsp3) is 0.0588. The van der Waals surface area contributed by atoms with Gasteiger partial charge in [-0.05, 0) is 24.3 Å². The van der Waals surface area contributed by atoms with Crippen LogP contribution in [0.1, 0.15) is 10.4 Å². The molecule has 0 fully saturated rings. The van der Waals surface area contributed by atoms with Crippen LogP contribution in [-0.2, 0) is 6.54 Å². The van der Waals surface area contributed by atoms with Crippen LogP contribution in [0.15, 0.2) is 71.3 Å². The fourth-order valence-corrected chi connectivity index (χ4v) is 2.50. The average molecular weight is 407 g/mol. The van der Waals surface area contributed by atoms with Crippen LogP contribution in [-0.4, -0.2) is 5.78 Å². The summed E-state index contributed by atoms with van der Waals surface area (Å²) in [6.45, 7) is 0.350. The second-order valence-corrected chi connectivity index (χ2v) is 5.54. The minimum atomic E-state index is 0. The summed E-state index contributed by atoms with van der Waals surface area (Å²) >= 11 is 3.38. The molecule has 4 heteroatoms. The summed E-state index contributed by atoms with van der Waals surface area (Å²) in [7, 11) is 0. The Hall–Kier alpha value is -1.52. The summed E-state index contributed by atoms with van der Waals surface area (Å²) in [5.41, 5.74) is 1.80. The molecule has 3 aromatic rings. The Kier molecular flexibility index (Phi) is 5.26. The first-order valence-electron chi connectivity index (χ1n) is 6.40. The minimum Gasteiger partial charge on any atom is -1.00 e. The minimum absolute atomic E-state index is 0. The first-order chi connectivity index (χ1) is 9.74. The number of hydrogen-bond acceptors (Lipinski definition) is 1. The molecule has 0 saturated carbocycles. The van der Waals surface area contributed by atoms with Crippen LogP contribution in [0.3, 0.4) is 0 Å². The third-order valence-electron chi connectivity index (χ3n) is 3.27. The maximum absolute atomic E-state index is 12.3. The molecule has 0 atom stereocenters. The molecule has 106 valence electrons. The summed E-state index contributed by atoms with van der Waals surface area (Å²) in [5, 5.41) is 1.14. The first-order valence-corrected chi connectivity index (χ1v) is 7.19. The lowest BCUT2D eigenvalue weighted by atomic mass is 10.1. The molecule has 0 aliphatic heterocycles. The third-order valence-corrected chi connectivity index (χ3v) is 3.80. The van der Waals surface area contributed by atoms with E-state index in [1.807, 2.05) is 59.3 Å². The van der Waals surface area contributed by atoms with E-state index in [0.717, 1.165) is 20.9 Å². The Bertz CT molecular complexity index is 764. The lowest BCUT2D eigenvalue weighted by molar-refractivity contribution is -0.657. The molecular weight excluding hydrogens is 394 g/mol. The van der Waals surface area contributed by atoms with Crippen molar-refractivity contribution < 1.29 is 26.3 Å². The fourth-order valence-electron chi connectivity index (χ4n) is 2.24. The number of Topliss-reactive ketones (excluding diaryl/α,β-unsaturated/α-hetero) is 1. The second-order valence-electron chi connectivity index (χ2n) is 4.62. The third kappa shape index (κ3) is 3.57. The van der Waals surface area contributed by atoms with Gasteiger partial charge in [-0.1, -0.05) is 40.2 Å². The molecule has 2 aromatic carbocycles. The summed E-state index contributed by atoms with van der Waals surface area (Å²) in [6.07, 6.45) is 1.94. The highest BCUT2D eigenvalue weighted by molar-refractivity contribution is 9.10. The highest BCUT2D eigenvalue weighted by atomic mass is 79.9.